The molecule has 0 aliphatic carbocycles. The van der Waals surface area contributed by atoms with Crippen LogP contribution < -0.4 is 20.7 Å². The number of thioether (sulfide) groups is 1. The van der Waals surface area contributed by atoms with E-state index in [-0.39, 0.29) is 23.7 Å². The number of nitrogens with one attached hydrogen (secondary N) is 3. The molecule has 1 unspecified atom stereocenters. The van der Waals surface area contributed by atoms with Crippen LogP contribution in [0.4, 0.5) is 18.9 Å². The van der Waals surface area contributed by atoms with E-state index in [1.54, 1.807) is 36.7 Å². The van der Waals surface area contributed by atoms with Crippen molar-refractivity contribution in [3.05, 3.63) is 78.2 Å². The molecule has 3 heterocycles. The number of carbonyl (C=O) groups is 2. The van der Waals surface area contributed by atoms with E-state index in [2.05, 4.69) is 35.6 Å². The van der Waals surface area contributed by atoms with Crippen molar-refractivity contribution in [2.75, 3.05) is 38.0 Å². The molecule has 1 aromatic carbocycles. The molecule has 1 aliphatic rings. The Kier molecular flexibility index (Phi) is 10.3. The van der Waals surface area contributed by atoms with E-state index in [4.69, 9.17) is 0 Å². The fraction of sp³-hybridized carbons (Fsp3) is 0.333. The summed E-state index contributed by atoms with van der Waals surface area (Å²) in [6.07, 6.45) is 2.37. The Balaban J connectivity index is 1.40. The van der Waals surface area contributed by atoms with Gasteiger partial charge in [-0.15, -0.1) is 13.2 Å². The van der Waals surface area contributed by atoms with Crippen molar-refractivity contribution in [1.29, 1.82) is 0 Å². The van der Waals surface area contributed by atoms with Gasteiger partial charge in [0.25, 0.3) is 5.91 Å². The normalized spacial score (nSPS) is 14.5. The van der Waals surface area contributed by atoms with Gasteiger partial charge in [0.05, 0.1) is 12.1 Å². The quantitative estimate of drug-likeness (QED) is 0.168. The molecule has 1 fully saturated rings. The molecule has 13 heteroatoms. The number of nitrogens with zero attached hydrogens (tertiary/aromatic N) is 3. The first-order valence-corrected chi connectivity index (χ1v) is 13.6. The van der Waals surface area contributed by atoms with Crippen LogP contribution in [-0.2, 0) is 4.79 Å². The first kappa shape index (κ1) is 29.3. The van der Waals surface area contributed by atoms with Gasteiger partial charge in [-0.2, -0.15) is 0 Å². The average molecular weight is 575 g/mol. The van der Waals surface area contributed by atoms with Crippen molar-refractivity contribution in [1.82, 2.24) is 25.5 Å². The molecule has 40 heavy (non-hydrogen) atoms. The van der Waals surface area contributed by atoms with Gasteiger partial charge in [-0.3, -0.25) is 14.6 Å². The maximum atomic E-state index is 13.1. The third kappa shape index (κ3) is 9.21. The molecule has 4 rings (SSSR count). The maximum Gasteiger partial charge on any atom is 0.573 e. The average Bonchev–Trinajstić information content (AvgIpc) is 3.45. The highest BCUT2D eigenvalue weighted by Gasteiger charge is 2.31. The van der Waals surface area contributed by atoms with E-state index in [0.29, 0.717) is 11.6 Å². The molecule has 0 bridgehead atoms. The van der Waals surface area contributed by atoms with Gasteiger partial charge >= 0.3 is 6.36 Å². The predicted molar refractivity (Wildman–Crippen MR) is 145 cm³/mol. The van der Waals surface area contributed by atoms with Crippen LogP contribution in [0.2, 0.25) is 0 Å². The van der Waals surface area contributed by atoms with Crippen LogP contribution in [0, 0.1) is 0 Å². The van der Waals surface area contributed by atoms with Gasteiger partial charge in [0.2, 0.25) is 5.91 Å². The SMILES string of the molecule is O=C(CNCCN1CCCC1)NC(Sc1ncccc1C(=O)Nc1ccc(OC(F)(F)F)cc1)c1ccncc1. The lowest BCUT2D eigenvalue weighted by molar-refractivity contribution is -0.274. The molecule has 1 saturated heterocycles. The summed E-state index contributed by atoms with van der Waals surface area (Å²) >= 11 is 1.19. The molecule has 2 aromatic heterocycles. The number of likely N-dealkylation sites (tertiary alicyclic amines) is 1. The lowest BCUT2D eigenvalue weighted by atomic mass is 10.2. The van der Waals surface area contributed by atoms with E-state index in [1.165, 1.54) is 42.9 Å². The standard InChI is InChI=1S/C27H29F3N6O3S/c28-27(29,30)39-21-7-5-20(6-8-21)34-24(38)22-4-3-11-33-26(22)40-25(19-9-12-31-13-10-19)35-23(37)18-32-14-17-36-15-1-2-16-36/h3-13,25,32H,1-2,14-18H2,(H,34,38)(H,35,37). The second kappa shape index (κ2) is 14.1. The van der Waals surface area contributed by atoms with Gasteiger partial charge in [-0.1, -0.05) is 11.8 Å². The molecule has 9 nitrogen and oxygen atoms in total. The molecule has 0 saturated carbocycles. The number of pyridine rings is 2. The second-order valence-corrected chi connectivity index (χ2v) is 10.0. The van der Waals surface area contributed by atoms with E-state index >= 15 is 0 Å². The fourth-order valence-electron chi connectivity index (χ4n) is 4.07. The topological polar surface area (TPSA) is 108 Å². The van der Waals surface area contributed by atoms with Crippen LogP contribution in [0.3, 0.4) is 0 Å². The van der Waals surface area contributed by atoms with Crippen LogP contribution in [-0.4, -0.2) is 65.8 Å². The number of hydrogen-bond donors (Lipinski definition) is 3. The molecule has 1 atom stereocenters. The second-order valence-electron chi connectivity index (χ2n) is 8.95. The fourth-order valence-corrected chi connectivity index (χ4v) is 5.19. The lowest BCUT2D eigenvalue weighted by Crippen LogP contribution is -2.38. The Morgan fingerprint density at radius 1 is 1.02 bits per heavy atom. The van der Waals surface area contributed by atoms with Crippen LogP contribution in [0.5, 0.6) is 5.75 Å². The van der Waals surface area contributed by atoms with Crippen molar-refractivity contribution >= 4 is 29.3 Å². The van der Waals surface area contributed by atoms with Crippen LogP contribution in [0.1, 0.15) is 34.1 Å². The predicted octanol–water partition coefficient (Wildman–Crippen LogP) is 4.22. The smallest absolute Gasteiger partial charge is 0.406 e. The number of hydrogen-bond acceptors (Lipinski definition) is 8. The highest BCUT2D eigenvalue weighted by molar-refractivity contribution is 7.99. The van der Waals surface area contributed by atoms with Crippen molar-refractivity contribution in [2.45, 2.75) is 29.6 Å². The molecule has 0 radical (unpaired) electrons. The summed E-state index contributed by atoms with van der Waals surface area (Å²) in [5.74, 6) is -1.12. The van der Waals surface area contributed by atoms with Crippen LogP contribution in [0.15, 0.2) is 72.1 Å². The number of halogens is 3. The molecule has 3 N–H and O–H groups in total. The summed E-state index contributed by atoms with van der Waals surface area (Å²) in [5, 5.41) is 8.64. The minimum absolute atomic E-state index is 0.138. The Bertz CT molecular complexity index is 1260. The zero-order valence-corrected chi connectivity index (χ0v) is 22.3. The van der Waals surface area contributed by atoms with Gasteiger partial charge in [0.1, 0.15) is 16.1 Å². The third-order valence-corrected chi connectivity index (χ3v) is 7.16. The minimum atomic E-state index is -4.81. The van der Waals surface area contributed by atoms with Crippen molar-refractivity contribution in [3.8, 4) is 5.75 Å². The number of aromatic nitrogens is 2. The Hall–Kier alpha value is -3.68. The van der Waals surface area contributed by atoms with Gasteiger partial charge < -0.3 is 25.6 Å². The molecule has 3 aromatic rings. The van der Waals surface area contributed by atoms with E-state index < -0.39 is 23.4 Å². The number of rotatable bonds is 12. The van der Waals surface area contributed by atoms with Gasteiger partial charge in [-0.25, -0.2) is 4.98 Å². The largest absolute Gasteiger partial charge is 0.573 e. The highest BCUT2D eigenvalue weighted by Crippen LogP contribution is 2.34. The lowest BCUT2D eigenvalue weighted by Gasteiger charge is -2.20. The molecule has 1 aliphatic heterocycles. The molecular formula is C27H29F3N6O3S. The number of anilines is 1. The first-order valence-electron chi connectivity index (χ1n) is 12.7. The Morgan fingerprint density at radius 3 is 2.45 bits per heavy atom. The zero-order chi connectivity index (χ0) is 28.4. The first-order chi connectivity index (χ1) is 19.3. The van der Waals surface area contributed by atoms with Gasteiger partial charge in [-0.05, 0) is 80.0 Å². The summed E-state index contributed by atoms with van der Waals surface area (Å²) in [6.45, 7) is 3.91. The summed E-state index contributed by atoms with van der Waals surface area (Å²) in [7, 11) is 0. The van der Waals surface area contributed by atoms with Crippen molar-refractivity contribution in [3.63, 3.8) is 0 Å². The molecule has 2 amide bonds. The monoisotopic (exact) mass is 574 g/mol. The molecule has 0 spiro atoms. The molecule has 212 valence electrons. The van der Waals surface area contributed by atoms with Crippen LogP contribution in [0.25, 0.3) is 0 Å². The number of benzene rings is 1. The van der Waals surface area contributed by atoms with Crippen molar-refractivity contribution in [2.24, 2.45) is 0 Å². The maximum absolute atomic E-state index is 13.1. The number of alkyl halides is 3. The van der Waals surface area contributed by atoms with Crippen LogP contribution >= 0.6 is 11.8 Å². The zero-order valence-electron chi connectivity index (χ0n) is 21.5. The number of ether oxygens (including phenoxy) is 1. The number of carbonyl (C=O) groups excluding carboxylic acids is 2. The van der Waals surface area contributed by atoms with E-state index in [0.717, 1.165) is 37.3 Å². The summed E-state index contributed by atoms with van der Waals surface area (Å²) < 4.78 is 41.1. The molecular weight excluding hydrogens is 545 g/mol. The van der Waals surface area contributed by atoms with E-state index in [1.807, 2.05) is 0 Å². The van der Waals surface area contributed by atoms with Crippen molar-refractivity contribution < 1.29 is 27.5 Å². The third-order valence-electron chi connectivity index (χ3n) is 5.98. The summed E-state index contributed by atoms with van der Waals surface area (Å²) in [4.78, 5) is 36.6. The Morgan fingerprint density at radius 2 is 1.75 bits per heavy atom. The number of amides is 2. The highest BCUT2D eigenvalue weighted by atomic mass is 32.2. The van der Waals surface area contributed by atoms with Gasteiger partial charge in [0.15, 0.2) is 0 Å². The van der Waals surface area contributed by atoms with Gasteiger partial charge in [0, 0.05) is 37.4 Å². The van der Waals surface area contributed by atoms with E-state index in [9.17, 15) is 22.8 Å². The summed E-state index contributed by atoms with van der Waals surface area (Å²) in [5.41, 5.74) is 1.28. The minimum Gasteiger partial charge on any atom is -0.406 e. The Labute approximate surface area is 233 Å². The summed E-state index contributed by atoms with van der Waals surface area (Å²) in [6, 6.07) is 11.5.